The monoisotopic (exact) mass is 571 g/mol. The summed E-state index contributed by atoms with van der Waals surface area (Å²) in [5.74, 6) is 2.20. The lowest BCUT2D eigenvalue weighted by Gasteiger charge is -2.26. The maximum Gasteiger partial charge on any atom is 0.410 e. The Hall–Kier alpha value is -3.37. The number of nitrogens with zero attached hydrogens (tertiary/aromatic N) is 4. The number of nitrogens with one attached hydrogen (secondary N) is 1. The van der Waals surface area contributed by atoms with Gasteiger partial charge in [-0.15, -0.1) is 0 Å². The van der Waals surface area contributed by atoms with Gasteiger partial charge in [0, 0.05) is 49.9 Å². The third kappa shape index (κ3) is 6.50. The molecule has 3 heterocycles. The van der Waals surface area contributed by atoms with Crippen LogP contribution in [-0.2, 0) is 4.74 Å². The number of methoxy groups -OCH3 is 1. The highest BCUT2D eigenvalue weighted by atomic mass is 35.5. The Kier molecular flexibility index (Phi) is 8.19. The molecular weight excluding hydrogens is 537 g/mol. The number of carbonyl (C=O) groups excluding carboxylic acids is 1. The standard InChI is InChI=1S/C29H35ClFN5O4/c1-29(2,3)40-28(37)36-15-18-13-35(14-19(18)16-36)8-5-9-39-26-11-21-24(12-25(26)38-4)32-17-33-27(21)34-20-6-7-23(31)22(30)10-20/h6-7,10-12,17-19H,5,8-9,13-16H2,1-4H3,(H,32,33,34)/t18-,19+. The molecule has 3 aromatic rings. The first-order chi connectivity index (χ1) is 19.1. The zero-order valence-corrected chi connectivity index (χ0v) is 24.0. The van der Waals surface area contributed by atoms with Crippen LogP contribution in [-0.4, -0.2) is 77.9 Å². The van der Waals surface area contributed by atoms with E-state index in [0.717, 1.165) is 44.5 Å². The summed E-state index contributed by atoms with van der Waals surface area (Å²) in [6, 6.07) is 8.07. The number of amides is 1. The van der Waals surface area contributed by atoms with Gasteiger partial charge in [0.1, 0.15) is 23.6 Å². The SMILES string of the molecule is COc1cc2ncnc(Nc3ccc(F)c(Cl)c3)c2cc1OCCCN1C[C@@H]2CN(C(=O)OC(C)(C)C)C[C@@H]2C1. The van der Waals surface area contributed by atoms with E-state index in [1.165, 1.54) is 18.5 Å². The Labute approximate surface area is 238 Å². The third-order valence-electron chi connectivity index (χ3n) is 7.19. The predicted molar refractivity (Wildman–Crippen MR) is 152 cm³/mol. The molecule has 2 aliphatic heterocycles. The number of carbonyl (C=O) groups is 1. The van der Waals surface area contributed by atoms with Crippen LogP contribution in [0.1, 0.15) is 27.2 Å². The van der Waals surface area contributed by atoms with Gasteiger partial charge in [0.05, 0.1) is 24.3 Å². The van der Waals surface area contributed by atoms with Crippen LogP contribution in [0.15, 0.2) is 36.7 Å². The van der Waals surface area contributed by atoms with Gasteiger partial charge in [-0.2, -0.15) is 0 Å². The molecule has 1 N–H and O–H groups in total. The molecule has 0 unspecified atom stereocenters. The molecule has 5 rings (SSSR count). The van der Waals surface area contributed by atoms with Crippen LogP contribution < -0.4 is 14.8 Å². The second kappa shape index (κ2) is 11.6. The molecule has 0 bridgehead atoms. The van der Waals surface area contributed by atoms with Crippen LogP contribution in [0, 0.1) is 17.7 Å². The number of anilines is 2. The zero-order valence-electron chi connectivity index (χ0n) is 23.2. The van der Waals surface area contributed by atoms with Crippen molar-refractivity contribution < 1.29 is 23.4 Å². The lowest BCUT2D eigenvalue weighted by Crippen LogP contribution is -2.37. The predicted octanol–water partition coefficient (Wildman–Crippen LogP) is 5.74. The quantitative estimate of drug-likeness (QED) is 0.342. The molecule has 2 fully saturated rings. The number of benzene rings is 2. The van der Waals surface area contributed by atoms with Crippen molar-refractivity contribution in [3.8, 4) is 11.5 Å². The van der Waals surface area contributed by atoms with Gasteiger partial charge in [0.2, 0.25) is 0 Å². The first-order valence-corrected chi connectivity index (χ1v) is 13.9. The highest BCUT2D eigenvalue weighted by Gasteiger charge is 2.42. The number of fused-ring (bicyclic) bond motifs is 2. The molecule has 0 spiro atoms. The minimum absolute atomic E-state index is 0.0241. The van der Waals surface area contributed by atoms with E-state index in [-0.39, 0.29) is 11.1 Å². The Bertz CT molecular complexity index is 1370. The van der Waals surface area contributed by atoms with E-state index in [1.54, 1.807) is 13.2 Å². The number of likely N-dealkylation sites (tertiary alicyclic amines) is 2. The highest BCUT2D eigenvalue weighted by molar-refractivity contribution is 6.31. The lowest BCUT2D eigenvalue weighted by atomic mass is 10.0. The molecule has 214 valence electrons. The van der Waals surface area contributed by atoms with E-state index >= 15 is 0 Å². The summed E-state index contributed by atoms with van der Waals surface area (Å²) in [7, 11) is 1.60. The Balaban J connectivity index is 1.16. The van der Waals surface area contributed by atoms with Crippen LogP contribution in [0.4, 0.5) is 20.7 Å². The van der Waals surface area contributed by atoms with Crippen molar-refractivity contribution in [2.45, 2.75) is 32.8 Å². The summed E-state index contributed by atoms with van der Waals surface area (Å²) in [4.78, 5) is 25.5. The average molecular weight is 572 g/mol. The van der Waals surface area contributed by atoms with Gasteiger partial charge < -0.3 is 29.3 Å². The minimum atomic E-state index is -0.486. The van der Waals surface area contributed by atoms with Gasteiger partial charge in [-0.25, -0.2) is 19.2 Å². The molecule has 2 atom stereocenters. The van der Waals surface area contributed by atoms with E-state index in [4.69, 9.17) is 25.8 Å². The summed E-state index contributed by atoms with van der Waals surface area (Å²) < 4.78 is 30.8. The minimum Gasteiger partial charge on any atom is -0.493 e. The fraction of sp³-hybridized carbons (Fsp3) is 0.483. The van der Waals surface area contributed by atoms with Crippen LogP contribution in [0.2, 0.25) is 5.02 Å². The topological polar surface area (TPSA) is 89.1 Å². The summed E-state index contributed by atoms with van der Waals surface area (Å²) in [5, 5.41) is 3.95. The highest BCUT2D eigenvalue weighted by Crippen LogP contribution is 2.36. The van der Waals surface area contributed by atoms with E-state index in [1.807, 2.05) is 37.8 Å². The Morgan fingerprint density at radius 3 is 2.52 bits per heavy atom. The zero-order chi connectivity index (χ0) is 28.4. The van der Waals surface area contributed by atoms with E-state index in [9.17, 15) is 9.18 Å². The van der Waals surface area contributed by atoms with Crippen LogP contribution in [0.5, 0.6) is 11.5 Å². The maximum absolute atomic E-state index is 13.6. The van der Waals surface area contributed by atoms with Crippen LogP contribution in [0.25, 0.3) is 10.9 Å². The van der Waals surface area contributed by atoms with Crippen molar-refractivity contribution in [1.29, 1.82) is 0 Å². The second-order valence-corrected chi connectivity index (χ2v) is 11.8. The van der Waals surface area contributed by atoms with Gasteiger partial charge in [0.15, 0.2) is 11.5 Å². The first kappa shape index (κ1) is 28.2. The molecule has 11 heteroatoms. The summed E-state index contributed by atoms with van der Waals surface area (Å²) in [6.07, 6.45) is 2.09. The molecular formula is C29H35ClFN5O4. The average Bonchev–Trinajstić information content (AvgIpc) is 3.47. The van der Waals surface area contributed by atoms with Gasteiger partial charge in [0.25, 0.3) is 0 Å². The smallest absolute Gasteiger partial charge is 0.410 e. The molecule has 2 aliphatic rings. The Morgan fingerprint density at radius 2 is 1.85 bits per heavy atom. The Morgan fingerprint density at radius 1 is 1.10 bits per heavy atom. The number of aromatic nitrogens is 2. The fourth-order valence-corrected chi connectivity index (χ4v) is 5.55. The fourth-order valence-electron chi connectivity index (χ4n) is 5.37. The van der Waals surface area contributed by atoms with Gasteiger partial charge in [-0.05, 0) is 63.3 Å². The van der Waals surface area contributed by atoms with E-state index < -0.39 is 11.4 Å². The number of hydrogen-bond donors (Lipinski definition) is 1. The number of hydrogen-bond acceptors (Lipinski definition) is 8. The number of rotatable bonds is 8. The van der Waals surface area contributed by atoms with E-state index in [2.05, 4.69) is 20.2 Å². The van der Waals surface area contributed by atoms with Crippen LogP contribution in [0.3, 0.4) is 0 Å². The third-order valence-corrected chi connectivity index (χ3v) is 7.48. The number of halogens is 2. The van der Waals surface area contributed by atoms with Gasteiger partial charge >= 0.3 is 6.09 Å². The molecule has 2 aromatic carbocycles. The lowest BCUT2D eigenvalue weighted by molar-refractivity contribution is 0.0274. The normalized spacial score (nSPS) is 19.1. The van der Waals surface area contributed by atoms with Crippen molar-refractivity contribution in [3.63, 3.8) is 0 Å². The van der Waals surface area contributed by atoms with Crippen LogP contribution >= 0.6 is 11.6 Å². The maximum atomic E-state index is 13.6. The molecule has 0 saturated carbocycles. The number of ether oxygens (including phenoxy) is 3. The van der Waals surface area contributed by atoms with E-state index in [0.29, 0.717) is 47.0 Å². The molecule has 0 aliphatic carbocycles. The van der Waals surface area contributed by atoms with Gasteiger partial charge in [-0.3, -0.25) is 0 Å². The van der Waals surface area contributed by atoms with Gasteiger partial charge in [-0.1, -0.05) is 11.6 Å². The largest absolute Gasteiger partial charge is 0.493 e. The summed E-state index contributed by atoms with van der Waals surface area (Å²) in [5.41, 5.74) is 0.810. The molecule has 9 nitrogen and oxygen atoms in total. The first-order valence-electron chi connectivity index (χ1n) is 13.5. The molecule has 2 saturated heterocycles. The molecule has 1 amide bonds. The van der Waals surface area contributed by atoms with Crippen molar-refractivity contribution in [3.05, 3.63) is 47.5 Å². The van der Waals surface area contributed by atoms with Crippen molar-refractivity contribution in [2.75, 3.05) is 51.8 Å². The summed E-state index contributed by atoms with van der Waals surface area (Å²) in [6.45, 7) is 10.6. The molecule has 40 heavy (non-hydrogen) atoms. The molecule has 1 aromatic heterocycles. The van der Waals surface area contributed by atoms with Crippen molar-refractivity contribution in [1.82, 2.24) is 19.8 Å². The van der Waals surface area contributed by atoms with Crippen molar-refractivity contribution >= 4 is 40.1 Å². The second-order valence-electron chi connectivity index (χ2n) is 11.4. The molecule has 0 radical (unpaired) electrons. The van der Waals surface area contributed by atoms with Crippen molar-refractivity contribution in [2.24, 2.45) is 11.8 Å². The summed E-state index contributed by atoms with van der Waals surface area (Å²) >= 11 is 5.94.